The quantitative estimate of drug-likeness (QED) is 0.575. The van der Waals surface area contributed by atoms with Crippen molar-refractivity contribution in [2.24, 2.45) is 4.99 Å². The Morgan fingerprint density at radius 2 is 2.04 bits per heavy atom. The van der Waals surface area contributed by atoms with Crippen molar-refractivity contribution in [2.45, 2.75) is 19.9 Å². The van der Waals surface area contributed by atoms with E-state index in [1.807, 2.05) is 0 Å². The molecule has 2 rings (SSSR count). The van der Waals surface area contributed by atoms with E-state index in [2.05, 4.69) is 30.2 Å². The molecule has 0 aliphatic carbocycles. The van der Waals surface area contributed by atoms with Crippen LogP contribution >= 0.6 is 0 Å². The Labute approximate surface area is 142 Å². The number of aryl methyl sites for hydroxylation is 1. The van der Waals surface area contributed by atoms with Crippen molar-refractivity contribution in [3.05, 3.63) is 11.7 Å². The van der Waals surface area contributed by atoms with E-state index in [1.54, 1.807) is 33.0 Å². The van der Waals surface area contributed by atoms with Crippen molar-refractivity contribution >= 4 is 11.9 Å². The smallest absolute Gasteiger partial charge is 0.246 e. The number of carbonyl (C=O) groups excluding carboxylic acids is 1. The van der Waals surface area contributed by atoms with Crippen LogP contribution in [0, 0.1) is 6.92 Å². The van der Waals surface area contributed by atoms with E-state index in [0.717, 1.165) is 38.7 Å². The van der Waals surface area contributed by atoms with Crippen molar-refractivity contribution in [3.8, 4) is 0 Å². The summed E-state index contributed by atoms with van der Waals surface area (Å²) in [5.41, 5.74) is 0. The standard InChI is InChI=1S/C15H27N7O2/c1-12-18-13(24-19-12)11-17-15(16-2)22-9-7-21(8-10-22)6-5-14(23)20(3)4/h5-11H2,1-4H3,(H,16,17). The van der Waals surface area contributed by atoms with E-state index >= 15 is 0 Å². The zero-order chi connectivity index (χ0) is 17.5. The van der Waals surface area contributed by atoms with Gasteiger partial charge in [0.25, 0.3) is 0 Å². The van der Waals surface area contributed by atoms with Crippen molar-refractivity contribution < 1.29 is 9.32 Å². The molecule has 1 aromatic heterocycles. The van der Waals surface area contributed by atoms with Gasteiger partial charge in [-0.25, -0.2) is 0 Å². The van der Waals surface area contributed by atoms with Crippen LogP contribution in [0.1, 0.15) is 18.1 Å². The molecule has 1 aliphatic heterocycles. The molecular weight excluding hydrogens is 310 g/mol. The highest BCUT2D eigenvalue weighted by atomic mass is 16.5. The molecular formula is C15H27N7O2. The number of guanidine groups is 1. The van der Waals surface area contributed by atoms with E-state index in [9.17, 15) is 4.79 Å². The molecule has 1 fully saturated rings. The molecule has 0 saturated carbocycles. The van der Waals surface area contributed by atoms with Gasteiger partial charge in [0.1, 0.15) is 0 Å². The fourth-order valence-electron chi connectivity index (χ4n) is 2.56. The Hall–Kier alpha value is -2.16. The highest BCUT2D eigenvalue weighted by molar-refractivity contribution is 5.80. The van der Waals surface area contributed by atoms with Gasteiger partial charge in [0, 0.05) is 60.3 Å². The van der Waals surface area contributed by atoms with Crippen molar-refractivity contribution in [1.29, 1.82) is 0 Å². The molecule has 134 valence electrons. The van der Waals surface area contributed by atoms with Crippen LogP contribution in [-0.4, -0.2) is 90.6 Å². The summed E-state index contributed by atoms with van der Waals surface area (Å²) in [4.78, 5) is 26.3. The Balaban J connectivity index is 1.74. The van der Waals surface area contributed by atoms with Crippen LogP contribution in [0.25, 0.3) is 0 Å². The lowest BCUT2D eigenvalue weighted by molar-refractivity contribution is -0.129. The predicted molar refractivity (Wildman–Crippen MR) is 90.6 cm³/mol. The van der Waals surface area contributed by atoms with Gasteiger partial charge in [-0.15, -0.1) is 0 Å². The molecule has 1 aromatic rings. The number of hydrogen-bond acceptors (Lipinski definition) is 6. The Bertz CT molecular complexity index is 562. The lowest BCUT2D eigenvalue weighted by Crippen LogP contribution is -2.52. The largest absolute Gasteiger partial charge is 0.349 e. The molecule has 0 atom stereocenters. The first kappa shape index (κ1) is 18.2. The van der Waals surface area contributed by atoms with E-state index in [4.69, 9.17) is 4.52 Å². The Kier molecular flexibility index (Phi) is 6.53. The monoisotopic (exact) mass is 337 g/mol. The number of piperazine rings is 1. The summed E-state index contributed by atoms with van der Waals surface area (Å²) >= 11 is 0. The minimum absolute atomic E-state index is 0.171. The van der Waals surface area contributed by atoms with Gasteiger partial charge in [0.2, 0.25) is 11.8 Å². The topological polar surface area (TPSA) is 90.1 Å². The molecule has 0 bridgehead atoms. The third kappa shape index (κ3) is 5.19. The molecule has 0 spiro atoms. The second-order valence-electron chi connectivity index (χ2n) is 6.00. The maximum absolute atomic E-state index is 11.7. The molecule has 0 aromatic carbocycles. The second-order valence-corrected chi connectivity index (χ2v) is 6.00. The van der Waals surface area contributed by atoms with Crippen LogP contribution in [0.4, 0.5) is 0 Å². The van der Waals surface area contributed by atoms with Crippen molar-refractivity contribution in [3.63, 3.8) is 0 Å². The molecule has 1 saturated heterocycles. The summed E-state index contributed by atoms with van der Waals surface area (Å²) in [7, 11) is 5.35. The van der Waals surface area contributed by atoms with E-state index in [0.29, 0.717) is 24.7 Å². The molecule has 0 unspecified atom stereocenters. The molecule has 1 N–H and O–H groups in total. The van der Waals surface area contributed by atoms with Crippen LogP contribution in [0.15, 0.2) is 9.52 Å². The lowest BCUT2D eigenvalue weighted by atomic mass is 10.3. The number of amides is 1. The van der Waals surface area contributed by atoms with Gasteiger partial charge in [-0.1, -0.05) is 5.16 Å². The predicted octanol–water partition coefficient (Wildman–Crippen LogP) is -0.451. The van der Waals surface area contributed by atoms with Gasteiger partial charge in [-0.05, 0) is 6.92 Å². The Morgan fingerprint density at radius 1 is 1.33 bits per heavy atom. The summed E-state index contributed by atoms with van der Waals surface area (Å²) in [5, 5.41) is 7.02. The fourth-order valence-corrected chi connectivity index (χ4v) is 2.56. The summed E-state index contributed by atoms with van der Waals surface area (Å²) in [6, 6.07) is 0. The third-order valence-electron chi connectivity index (χ3n) is 3.99. The van der Waals surface area contributed by atoms with Gasteiger partial charge < -0.3 is 19.6 Å². The lowest BCUT2D eigenvalue weighted by Gasteiger charge is -2.36. The van der Waals surface area contributed by atoms with E-state index < -0.39 is 0 Å². The zero-order valence-corrected chi connectivity index (χ0v) is 14.9. The summed E-state index contributed by atoms with van der Waals surface area (Å²) in [5.74, 6) is 2.18. The third-order valence-corrected chi connectivity index (χ3v) is 3.99. The van der Waals surface area contributed by atoms with Gasteiger partial charge in [-0.3, -0.25) is 14.7 Å². The van der Waals surface area contributed by atoms with Gasteiger partial charge in [-0.2, -0.15) is 4.98 Å². The van der Waals surface area contributed by atoms with Crippen LogP contribution in [0.3, 0.4) is 0 Å². The Morgan fingerprint density at radius 3 is 2.58 bits per heavy atom. The van der Waals surface area contributed by atoms with Crippen LogP contribution in [-0.2, 0) is 11.3 Å². The second kappa shape index (κ2) is 8.62. The molecule has 1 aliphatic rings. The first-order valence-corrected chi connectivity index (χ1v) is 8.17. The average molecular weight is 337 g/mol. The first-order chi connectivity index (χ1) is 11.5. The van der Waals surface area contributed by atoms with E-state index in [1.165, 1.54) is 0 Å². The van der Waals surface area contributed by atoms with E-state index in [-0.39, 0.29) is 5.91 Å². The number of carbonyl (C=O) groups is 1. The van der Waals surface area contributed by atoms with Crippen molar-refractivity contribution in [1.82, 2.24) is 30.2 Å². The molecule has 2 heterocycles. The molecule has 24 heavy (non-hydrogen) atoms. The highest BCUT2D eigenvalue weighted by Crippen LogP contribution is 2.04. The summed E-state index contributed by atoms with van der Waals surface area (Å²) < 4.78 is 5.10. The zero-order valence-electron chi connectivity index (χ0n) is 14.9. The van der Waals surface area contributed by atoms with Gasteiger partial charge in [0.05, 0.1) is 6.54 Å². The number of aliphatic imine (C=N–C) groups is 1. The molecule has 0 radical (unpaired) electrons. The average Bonchev–Trinajstić information content (AvgIpc) is 2.99. The number of nitrogens with one attached hydrogen (secondary N) is 1. The molecule has 1 amide bonds. The maximum Gasteiger partial charge on any atom is 0.246 e. The van der Waals surface area contributed by atoms with Crippen LogP contribution in [0.5, 0.6) is 0 Å². The molecule has 9 heteroatoms. The number of rotatable bonds is 5. The first-order valence-electron chi connectivity index (χ1n) is 8.17. The van der Waals surface area contributed by atoms with Gasteiger partial charge >= 0.3 is 0 Å². The SMILES string of the molecule is CN=C(NCc1nc(C)no1)N1CCN(CCC(=O)N(C)C)CC1. The summed E-state index contributed by atoms with van der Waals surface area (Å²) in [6.07, 6.45) is 0.566. The van der Waals surface area contributed by atoms with Gasteiger partial charge in [0.15, 0.2) is 11.8 Å². The number of nitrogens with zero attached hydrogens (tertiary/aromatic N) is 6. The maximum atomic E-state index is 11.7. The highest BCUT2D eigenvalue weighted by Gasteiger charge is 2.20. The normalized spacial score (nSPS) is 16.3. The fraction of sp³-hybridized carbons (Fsp3) is 0.733. The minimum atomic E-state index is 0.171. The molecule has 9 nitrogen and oxygen atoms in total. The number of aromatic nitrogens is 2. The van der Waals surface area contributed by atoms with Crippen molar-refractivity contribution in [2.75, 3.05) is 53.9 Å². The van der Waals surface area contributed by atoms with Crippen LogP contribution in [0.2, 0.25) is 0 Å². The van der Waals surface area contributed by atoms with Crippen LogP contribution < -0.4 is 5.32 Å². The number of hydrogen-bond donors (Lipinski definition) is 1. The minimum Gasteiger partial charge on any atom is -0.349 e. The summed E-state index contributed by atoms with van der Waals surface area (Å²) in [6.45, 7) is 6.64.